The molecule has 0 aliphatic heterocycles. The summed E-state index contributed by atoms with van der Waals surface area (Å²) >= 11 is 0. The van der Waals surface area contributed by atoms with Crippen molar-refractivity contribution in [3.63, 3.8) is 0 Å². The van der Waals surface area contributed by atoms with Crippen molar-refractivity contribution < 1.29 is 26.4 Å². The Morgan fingerprint density at radius 2 is 1.67 bits per heavy atom. The number of ether oxygens (including phenoxy) is 1. The Balaban J connectivity index is 1.61. The lowest BCUT2D eigenvalue weighted by molar-refractivity contribution is 0.207. The zero-order valence-corrected chi connectivity index (χ0v) is 23.5. The van der Waals surface area contributed by atoms with Crippen LogP contribution in [-0.2, 0) is 33.0 Å². The van der Waals surface area contributed by atoms with E-state index in [1.54, 1.807) is 41.1 Å². The van der Waals surface area contributed by atoms with Gasteiger partial charge in [0.2, 0.25) is 20.0 Å². The van der Waals surface area contributed by atoms with Crippen LogP contribution in [0.2, 0.25) is 0 Å². The number of sulfonamides is 2. The van der Waals surface area contributed by atoms with Crippen LogP contribution in [0.5, 0.6) is 5.75 Å². The fourth-order valence-electron chi connectivity index (χ4n) is 4.20. The van der Waals surface area contributed by atoms with Crippen molar-refractivity contribution in [2.75, 3.05) is 17.2 Å². The van der Waals surface area contributed by atoms with Gasteiger partial charge in [0, 0.05) is 18.5 Å². The Bertz CT molecular complexity index is 1710. The zero-order chi connectivity index (χ0) is 28.2. The van der Waals surface area contributed by atoms with Crippen molar-refractivity contribution in [2.45, 2.75) is 32.7 Å². The monoisotopic (exact) mass is 570 g/mol. The summed E-state index contributed by atoms with van der Waals surface area (Å²) in [5.74, 6) is 1.15. The van der Waals surface area contributed by atoms with Crippen molar-refractivity contribution >= 4 is 42.9 Å². The van der Waals surface area contributed by atoms with E-state index in [1.165, 1.54) is 0 Å². The van der Waals surface area contributed by atoms with E-state index in [0.29, 0.717) is 23.3 Å². The van der Waals surface area contributed by atoms with Gasteiger partial charge in [-0.3, -0.25) is 4.72 Å². The van der Waals surface area contributed by atoms with Gasteiger partial charge in [-0.15, -0.1) is 0 Å². The standard InChI is InChI=1S/C27H30N4O6S2/c1-4-5-10-26-28-23-17-21(29-38(2,33)34)15-16-24(23)31(26)18-19-11-13-20(14-12-19)22-8-6-7-9-25(22)37-27(32)30-39(3,35)36/h6-9,11-17,29H,4-5,10,18H2,1-3H3,(H,30,32). The number of carbonyl (C=O) groups excluding carboxylic acids is 1. The average Bonchev–Trinajstić information content (AvgIpc) is 3.17. The van der Waals surface area contributed by atoms with E-state index >= 15 is 0 Å². The first kappa shape index (κ1) is 28.1. The molecule has 0 saturated heterocycles. The highest BCUT2D eigenvalue weighted by Crippen LogP contribution is 2.31. The molecule has 4 aromatic rings. The van der Waals surface area contributed by atoms with Crippen LogP contribution in [0.1, 0.15) is 31.2 Å². The van der Waals surface area contributed by atoms with Gasteiger partial charge >= 0.3 is 6.09 Å². The first-order valence-corrected chi connectivity index (χ1v) is 16.0. The lowest BCUT2D eigenvalue weighted by Crippen LogP contribution is -2.32. The van der Waals surface area contributed by atoms with Gasteiger partial charge in [-0.1, -0.05) is 55.8 Å². The summed E-state index contributed by atoms with van der Waals surface area (Å²) in [5.41, 5.74) is 4.52. The lowest BCUT2D eigenvalue weighted by atomic mass is 10.0. The second kappa shape index (κ2) is 11.5. The van der Waals surface area contributed by atoms with Crippen molar-refractivity contribution in [3.05, 3.63) is 78.1 Å². The van der Waals surface area contributed by atoms with Gasteiger partial charge in [-0.25, -0.2) is 31.3 Å². The quantitative estimate of drug-likeness (QED) is 0.286. The number of hydrogen-bond donors (Lipinski definition) is 2. The number of rotatable bonds is 10. The number of anilines is 1. The molecule has 0 aliphatic rings. The predicted molar refractivity (Wildman–Crippen MR) is 152 cm³/mol. The van der Waals surface area contributed by atoms with Gasteiger partial charge in [0.1, 0.15) is 11.6 Å². The number of aryl methyl sites for hydroxylation is 1. The maximum atomic E-state index is 12.0. The Labute approximate surface area is 228 Å². The fraction of sp³-hybridized carbons (Fsp3) is 0.259. The van der Waals surface area contributed by atoms with Crippen LogP contribution >= 0.6 is 0 Å². The molecular weight excluding hydrogens is 540 g/mol. The highest BCUT2D eigenvalue weighted by molar-refractivity contribution is 7.92. The van der Waals surface area contributed by atoms with Crippen molar-refractivity contribution in [2.24, 2.45) is 0 Å². The first-order chi connectivity index (χ1) is 18.4. The van der Waals surface area contributed by atoms with Crippen LogP contribution in [0.15, 0.2) is 66.7 Å². The molecule has 4 rings (SSSR count). The summed E-state index contributed by atoms with van der Waals surface area (Å²) in [6, 6.07) is 20.0. The minimum Gasteiger partial charge on any atom is -0.409 e. The highest BCUT2D eigenvalue weighted by Gasteiger charge is 2.15. The van der Waals surface area contributed by atoms with Gasteiger partial charge in [-0.2, -0.15) is 0 Å². The van der Waals surface area contributed by atoms with E-state index in [9.17, 15) is 21.6 Å². The van der Waals surface area contributed by atoms with Gasteiger partial charge < -0.3 is 9.30 Å². The number of aromatic nitrogens is 2. The molecule has 0 bridgehead atoms. The molecule has 0 spiro atoms. The smallest absolute Gasteiger partial charge is 0.409 e. The van der Waals surface area contributed by atoms with Crippen molar-refractivity contribution in [1.29, 1.82) is 0 Å². The number of amides is 1. The molecule has 0 radical (unpaired) electrons. The molecule has 0 saturated carbocycles. The van der Waals surface area contributed by atoms with Crippen LogP contribution in [0.25, 0.3) is 22.2 Å². The summed E-state index contributed by atoms with van der Waals surface area (Å²) in [6.45, 7) is 2.68. The van der Waals surface area contributed by atoms with Crippen LogP contribution in [0.3, 0.4) is 0 Å². The van der Waals surface area contributed by atoms with Crippen LogP contribution < -0.4 is 14.2 Å². The Morgan fingerprint density at radius 3 is 2.33 bits per heavy atom. The SMILES string of the molecule is CCCCc1nc2cc(NS(C)(=O)=O)ccc2n1Cc1ccc(-c2ccccc2OC(=O)NS(C)(=O)=O)cc1. The molecule has 10 nitrogen and oxygen atoms in total. The normalized spacial score (nSPS) is 11.9. The van der Waals surface area contributed by atoms with Crippen molar-refractivity contribution in [1.82, 2.24) is 14.3 Å². The van der Waals surface area contributed by atoms with E-state index < -0.39 is 26.1 Å². The number of carbonyl (C=O) groups is 1. The number of fused-ring (bicyclic) bond motifs is 1. The van der Waals surface area contributed by atoms with E-state index in [-0.39, 0.29) is 5.75 Å². The second-order valence-electron chi connectivity index (χ2n) is 9.25. The first-order valence-electron chi connectivity index (χ1n) is 12.3. The fourth-order valence-corrected chi connectivity index (χ4v) is 5.10. The molecule has 2 N–H and O–H groups in total. The number of benzene rings is 3. The molecule has 1 heterocycles. The van der Waals surface area contributed by atoms with Crippen LogP contribution in [-0.4, -0.2) is 45.0 Å². The van der Waals surface area contributed by atoms with Gasteiger partial charge in [-0.05, 0) is 41.8 Å². The molecule has 0 fully saturated rings. The average molecular weight is 571 g/mol. The van der Waals surface area contributed by atoms with E-state index in [1.807, 2.05) is 30.3 Å². The molecule has 1 amide bonds. The third-order valence-electron chi connectivity index (χ3n) is 5.85. The topological polar surface area (TPSA) is 136 Å². The van der Waals surface area contributed by atoms with Crippen LogP contribution in [0.4, 0.5) is 10.5 Å². The minimum atomic E-state index is -3.75. The maximum Gasteiger partial charge on any atom is 0.426 e. The predicted octanol–water partition coefficient (Wildman–Crippen LogP) is 4.51. The number of unbranched alkanes of at least 4 members (excludes halogenated alkanes) is 1. The molecular formula is C27H30N4O6S2. The van der Waals surface area contributed by atoms with Crippen LogP contribution in [0, 0.1) is 0 Å². The molecule has 0 aliphatic carbocycles. The number of imidazole rings is 1. The van der Waals surface area contributed by atoms with Gasteiger partial charge in [0.15, 0.2) is 0 Å². The second-order valence-corrected chi connectivity index (χ2v) is 12.7. The highest BCUT2D eigenvalue weighted by atomic mass is 32.2. The number of para-hydroxylation sites is 1. The molecule has 1 aromatic heterocycles. The Morgan fingerprint density at radius 1 is 0.949 bits per heavy atom. The molecule has 3 aromatic carbocycles. The maximum absolute atomic E-state index is 12.0. The van der Waals surface area contributed by atoms with Gasteiger partial charge in [0.05, 0.1) is 29.2 Å². The van der Waals surface area contributed by atoms with Gasteiger partial charge in [0.25, 0.3) is 0 Å². The summed E-state index contributed by atoms with van der Waals surface area (Å²) in [7, 11) is -7.15. The lowest BCUT2D eigenvalue weighted by Gasteiger charge is -2.12. The number of nitrogens with one attached hydrogen (secondary N) is 2. The Hall–Kier alpha value is -3.90. The minimum absolute atomic E-state index is 0.229. The molecule has 206 valence electrons. The summed E-state index contributed by atoms with van der Waals surface area (Å²) < 4.78 is 57.7. The molecule has 39 heavy (non-hydrogen) atoms. The zero-order valence-electron chi connectivity index (χ0n) is 21.8. The third kappa shape index (κ3) is 7.58. The third-order valence-corrected chi connectivity index (χ3v) is 6.99. The van der Waals surface area contributed by atoms with E-state index in [4.69, 9.17) is 9.72 Å². The summed E-state index contributed by atoms with van der Waals surface area (Å²) in [4.78, 5) is 16.8. The summed E-state index contributed by atoms with van der Waals surface area (Å²) in [6.07, 6.45) is 3.69. The molecule has 12 heteroatoms. The Kier molecular flexibility index (Phi) is 8.26. The summed E-state index contributed by atoms with van der Waals surface area (Å²) in [5, 5.41) is 0. The number of hydrogen-bond acceptors (Lipinski definition) is 7. The van der Waals surface area contributed by atoms with E-state index in [0.717, 1.165) is 54.2 Å². The largest absolute Gasteiger partial charge is 0.426 e. The number of nitrogens with zero attached hydrogens (tertiary/aromatic N) is 2. The molecule has 0 atom stereocenters. The van der Waals surface area contributed by atoms with E-state index in [2.05, 4.69) is 16.2 Å². The molecule has 0 unspecified atom stereocenters. The van der Waals surface area contributed by atoms with Crippen molar-refractivity contribution in [3.8, 4) is 16.9 Å².